The number of hydrogen-bond acceptors (Lipinski definition) is 6. The zero-order valence-electron chi connectivity index (χ0n) is 19.9. The van der Waals surface area contributed by atoms with Gasteiger partial charge in [0.1, 0.15) is 11.7 Å². The molecular formula is C24H40O6. The molecule has 1 saturated heterocycles. The third-order valence-electron chi connectivity index (χ3n) is 6.80. The fourth-order valence-electron chi connectivity index (χ4n) is 4.78. The summed E-state index contributed by atoms with van der Waals surface area (Å²) in [6.07, 6.45) is 5.44. The van der Waals surface area contributed by atoms with Gasteiger partial charge in [-0.3, -0.25) is 9.59 Å². The maximum atomic E-state index is 13.1. The highest BCUT2D eigenvalue weighted by Gasteiger charge is 2.50. The van der Waals surface area contributed by atoms with Crippen molar-refractivity contribution in [1.82, 2.24) is 0 Å². The van der Waals surface area contributed by atoms with Crippen molar-refractivity contribution in [2.75, 3.05) is 6.61 Å². The van der Waals surface area contributed by atoms with E-state index in [2.05, 4.69) is 20.8 Å². The van der Waals surface area contributed by atoms with Gasteiger partial charge in [0.25, 0.3) is 0 Å². The van der Waals surface area contributed by atoms with Crippen LogP contribution in [0.1, 0.15) is 99.8 Å². The molecule has 0 aromatic heterocycles. The molecule has 0 N–H and O–H groups in total. The van der Waals surface area contributed by atoms with Crippen LogP contribution in [0.25, 0.3) is 0 Å². The van der Waals surface area contributed by atoms with E-state index >= 15 is 0 Å². The van der Waals surface area contributed by atoms with Crippen molar-refractivity contribution >= 4 is 17.9 Å². The molecule has 2 rings (SSSR count). The summed E-state index contributed by atoms with van der Waals surface area (Å²) < 4.78 is 16.8. The molecule has 0 amide bonds. The maximum Gasteiger partial charge on any atom is 0.344 e. The molecular weight excluding hydrogens is 384 g/mol. The van der Waals surface area contributed by atoms with Crippen molar-refractivity contribution in [2.45, 2.75) is 112 Å². The van der Waals surface area contributed by atoms with Crippen LogP contribution in [-0.4, -0.2) is 36.2 Å². The van der Waals surface area contributed by atoms with E-state index in [1.54, 1.807) is 0 Å². The van der Waals surface area contributed by atoms with Gasteiger partial charge in [-0.15, -0.1) is 0 Å². The number of carbonyl (C=O) groups excluding carboxylic acids is 3. The molecule has 172 valence electrons. The third-order valence-corrected chi connectivity index (χ3v) is 6.80. The Bertz CT molecular complexity index is 648. The summed E-state index contributed by atoms with van der Waals surface area (Å²) in [5, 5.41) is 0. The lowest BCUT2D eigenvalue weighted by molar-refractivity contribution is -0.193. The first-order valence-corrected chi connectivity index (χ1v) is 11.3. The van der Waals surface area contributed by atoms with Gasteiger partial charge in [0.2, 0.25) is 0 Å². The summed E-state index contributed by atoms with van der Waals surface area (Å²) in [6, 6.07) is 0. The second-order valence-corrected chi connectivity index (χ2v) is 11.5. The van der Waals surface area contributed by atoms with Crippen LogP contribution in [0.3, 0.4) is 0 Å². The van der Waals surface area contributed by atoms with Crippen LogP contribution < -0.4 is 0 Å². The molecule has 1 aliphatic heterocycles. The zero-order valence-corrected chi connectivity index (χ0v) is 19.9. The first kappa shape index (κ1) is 24.7. The maximum absolute atomic E-state index is 13.1. The molecule has 2 fully saturated rings. The average molecular weight is 425 g/mol. The second kappa shape index (κ2) is 8.88. The summed E-state index contributed by atoms with van der Waals surface area (Å²) in [4.78, 5) is 37.4. The number of esters is 3. The predicted octanol–water partition coefficient (Wildman–Crippen LogP) is 4.97. The lowest BCUT2D eigenvalue weighted by Gasteiger charge is -2.43. The van der Waals surface area contributed by atoms with Crippen molar-refractivity contribution in [3.63, 3.8) is 0 Å². The Morgan fingerprint density at radius 3 is 2.10 bits per heavy atom. The monoisotopic (exact) mass is 424 g/mol. The smallest absolute Gasteiger partial charge is 0.344 e. The van der Waals surface area contributed by atoms with Gasteiger partial charge >= 0.3 is 17.9 Å². The molecule has 1 aliphatic carbocycles. The van der Waals surface area contributed by atoms with Crippen LogP contribution in [0.2, 0.25) is 0 Å². The molecule has 6 heteroatoms. The van der Waals surface area contributed by atoms with Gasteiger partial charge in [-0.1, -0.05) is 48.0 Å². The largest absolute Gasteiger partial charge is 0.458 e. The third kappa shape index (κ3) is 5.76. The summed E-state index contributed by atoms with van der Waals surface area (Å²) in [5.41, 5.74) is -1.92. The van der Waals surface area contributed by atoms with E-state index < -0.39 is 29.7 Å². The first-order valence-electron chi connectivity index (χ1n) is 11.3. The Morgan fingerprint density at radius 2 is 1.63 bits per heavy atom. The molecule has 2 aliphatic rings. The Labute approximate surface area is 181 Å². The molecule has 1 heterocycles. The number of ether oxygens (including phenoxy) is 3. The minimum atomic E-state index is -0.785. The highest BCUT2D eigenvalue weighted by molar-refractivity contribution is 5.81. The van der Waals surface area contributed by atoms with E-state index in [1.807, 2.05) is 27.7 Å². The summed E-state index contributed by atoms with van der Waals surface area (Å²) >= 11 is 0. The van der Waals surface area contributed by atoms with E-state index in [-0.39, 0.29) is 22.8 Å². The lowest BCUT2D eigenvalue weighted by atomic mass is 9.61. The molecule has 1 saturated carbocycles. The van der Waals surface area contributed by atoms with Crippen molar-refractivity contribution in [2.24, 2.45) is 16.2 Å². The van der Waals surface area contributed by atoms with Crippen LogP contribution in [0.15, 0.2) is 0 Å². The van der Waals surface area contributed by atoms with Crippen molar-refractivity contribution in [3.05, 3.63) is 0 Å². The molecule has 30 heavy (non-hydrogen) atoms. The molecule has 0 aromatic carbocycles. The van der Waals surface area contributed by atoms with Crippen molar-refractivity contribution < 1.29 is 28.6 Å². The Morgan fingerprint density at radius 1 is 1.03 bits per heavy atom. The van der Waals surface area contributed by atoms with Gasteiger partial charge in [-0.2, -0.15) is 0 Å². The quantitative estimate of drug-likeness (QED) is 0.442. The first-order chi connectivity index (χ1) is 13.7. The van der Waals surface area contributed by atoms with Gasteiger partial charge in [0.05, 0.1) is 5.41 Å². The molecule has 6 nitrogen and oxygen atoms in total. The molecule has 0 spiro atoms. The zero-order chi connectivity index (χ0) is 22.8. The summed E-state index contributed by atoms with van der Waals surface area (Å²) in [6.45, 7) is 13.8. The highest BCUT2D eigenvalue weighted by atomic mass is 16.6. The SMILES string of the molecule is CC(C)(C)CC(C)(C(=O)OCC(=O)OC1(C2CCC(=O)O2)CCCCC1)C(C)(C)C. The second-order valence-electron chi connectivity index (χ2n) is 11.5. The normalized spacial score (nSPS) is 24.0. The highest BCUT2D eigenvalue weighted by Crippen LogP contribution is 2.47. The van der Waals surface area contributed by atoms with Gasteiger partial charge in [0.15, 0.2) is 6.61 Å². The molecule has 0 radical (unpaired) electrons. The van der Waals surface area contributed by atoms with Gasteiger partial charge < -0.3 is 14.2 Å². The minimum absolute atomic E-state index is 0.0694. The molecule has 0 aromatic rings. The van der Waals surface area contributed by atoms with Crippen molar-refractivity contribution in [3.8, 4) is 0 Å². The Kier molecular flexibility index (Phi) is 7.30. The number of rotatable bonds is 6. The van der Waals surface area contributed by atoms with E-state index in [1.165, 1.54) is 0 Å². The van der Waals surface area contributed by atoms with E-state index in [0.717, 1.165) is 19.3 Å². The number of hydrogen-bond donors (Lipinski definition) is 0. The van der Waals surface area contributed by atoms with Crippen LogP contribution >= 0.6 is 0 Å². The molecule has 2 unspecified atom stereocenters. The van der Waals surface area contributed by atoms with E-state index in [9.17, 15) is 14.4 Å². The topological polar surface area (TPSA) is 78.9 Å². The molecule has 2 atom stereocenters. The Hall–Kier alpha value is -1.59. The summed E-state index contributed by atoms with van der Waals surface area (Å²) in [7, 11) is 0. The van der Waals surface area contributed by atoms with Crippen LogP contribution in [0, 0.1) is 16.2 Å². The Balaban J connectivity index is 2.05. The minimum Gasteiger partial charge on any atom is -0.458 e. The van der Waals surface area contributed by atoms with E-state index in [4.69, 9.17) is 14.2 Å². The fraction of sp³-hybridized carbons (Fsp3) is 0.875. The average Bonchev–Trinajstić information content (AvgIpc) is 3.05. The summed E-state index contributed by atoms with van der Waals surface area (Å²) in [5.74, 6) is -1.19. The standard InChI is InChI=1S/C24H40O6/c1-21(2,3)16-23(7,22(4,5)6)20(27)28-15-19(26)30-24(13-9-8-10-14-24)17-11-12-18(25)29-17/h17H,8-16H2,1-7H3. The fourth-order valence-corrected chi connectivity index (χ4v) is 4.78. The number of carbonyl (C=O) groups is 3. The van der Waals surface area contributed by atoms with Crippen LogP contribution in [0.5, 0.6) is 0 Å². The van der Waals surface area contributed by atoms with Gasteiger partial charge in [0, 0.05) is 6.42 Å². The van der Waals surface area contributed by atoms with Crippen molar-refractivity contribution in [1.29, 1.82) is 0 Å². The number of cyclic esters (lactones) is 1. The molecule has 0 bridgehead atoms. The van der Waals surface area contributed by atoms with Gasteiger partial charge in [-0.25, -0.2) is 4.79 Å². The van der Waals surface area contributed by atoms with Gasteiger partial charge in [-0.05, 0) is 56.3 Å². The predicted molar refractivity (Wildman–Crippen MR) is 114 cm³/mol. The van der Waals surface area contributed by atoms with Crippen LogP contribution in [-0.2, 0) is 28.6 Å². The van der Waals surface area contributed by atoms with E-state index in [0.29, 0.717) is 32.1 Å². The van der Waals surface area contributed by atoms with Crippen LogP contribution in [0.4, 0.5) is 0 Å². The lowest BCUT2D eigenvalue weighted by Crippen LogP contribution is -2.49.